The summed E-state index contributed by atoms with van der Waals surface area (Å²) in [4.78, 5) is 0. The van der Waals surface area contributed by atoms with Gasteiger partial charge in [-0.15, -0.1) is 0 Å². The number of hydrogen-bond donors (Lipinski definition) is 1. The molecule has 1 aromatic heterocycles. The van der Waals surface area contributed by atoms with Crippen LogP contribution in [0.15, 0.2) is 12.3 Å². The van der Waals surface area contributed by atoms with Crippen molar-refractivity contribution in [1.29, 1.82) is 0 Å². The lowest BCUT2D eigenvalue weighted by molar-refractivity contribution is -0.903. The fourth-order valence-electron chi connectivity index (χ4n) is 0.750. The minimum atomic E-state index is -4.68. The number of nitrogens with zero attached hydrogens (tertiary/aromatic N) is 1. The monoisotopic (exact) mass is 232 g/mol. The Morgan fingerprint density at radius 1 is 1.31 bits per heavy atom. The van der Waals surface area contributed by atoms with Crippen molar-refractivity contribution >= 4 is 23.2 Å². The molecular formula is C6H3Cl2F3NO+. The van der Waals surface area contributed by atoms with Crippen LogP contribution in [0.5, 0.6) is 0 Å². The SMILES string of the molecule is O[n+]1ccc(Cl)c(C(F)(F)F)c1Cl. The highest BCUT2D eigenvalue weighted by atomic mass is 35.5. The van der Waals surface area contributed by atoms with E-state index in [1.54, 1.807) is 0 Å². The summed E-state index contributed by atoms with van der Waals surface area (Å²) < 4.78 is 36.7. The second kappa shape index (κ2) is 3.23. The Morgan fingerprint density at radius 3 is 2.23 bits per heavy atom. The average Bonchev–Trinajstić information content (AvgIpc) is 1.95. The fraction of sp³-hybridized carbons (Fsp3) is 0.167. The van der Waals surface area contributed by atoms with Crippen LogP contribution in [0.1, 0.15) is 5.56 Å². The van der Waals surface area contributed by atoms with E-state index in [9.17, 15) is 13.2 Å². The summed E-state index contributed by atoms with van der Waals surface area (Å²) in [6.45, 7) is 0. The third kappa shape index (κ3) is 1.97. The number of aromatic nitrogens is 1. The van der Waals surface area contributed by atoms with E-state index in [1.165, 1.54) is 0 Å². The van der Waals surface area contributed by atoms with Gasteiger partial charge in [0.1, 0.15) is 0 Å². The van der Waals surface area contributed by atoms with Crippen LogP contribution >= 0.6 is 23.2 Å². The summed E-state index contributed by atoms with van der Waals surface area (Å²) in [5.41, 5.74) is -1.25. The first kappa shape index (κ1) is 10.4. The van der Waals surface area contributed by atoms with Crippen LogP contribution < -0.4 is 4.73 Å². The van der Waals surface area contributed by atoms with E-state index in [2.05, 4.69) is 0 Å². The Balaban J connectivity index is 3.43. The summed E-state index contributed by atoms with van der Waals surface area (Å²) in [5, 5.41) is 7.40. The molecule has 0 radical (unpaired) electrons. The molecule has 72 valence electrons. The highest BCUT2D eigenvalue weighted by Gasteiger charge is 2.41. The molecule has 1 rings (SSSR count). The summed E-state index contributed by atoms with van der Waals surface area (Å²) in [7, 11) is 0. The van der Waals surface area contributed by atoms with Crippen molar-refractivity contribution in [2.75, 3.05) is 0 Å². The zero-order valence-corrected chi connectivity index (χ0v) is 7.45. The van der Waals surface area contributed by atoms with Gasteiger partial charge in [0, 0.05) is 10.8 Å². The van der Waals surface area contributed by atoms with Crippen LogP contribution in [-0.4, -0.2) is 5.21 Å². The molecule has 0 aliphatic rings. The maximum absolute atomic E-state index is 12.2. The van der Waals surface area contributed by atoms with Gasteiger partial charge in [-0.2, -0.15) is 13.2 Å². The van der Waals surface area contributed by atoms with Crippen molar-refractivity contribution in [3.63, 3.8) is 0 Å². The molecule has 0 aliphatic heterocycles. The van der Waals surface area contributed by atoms with Gasteiger partial charge in [-0.05, 0) is 11.6 Å². The number of halogens is 5. The van der Waals surface area contributed by atoms with Gasteiger partial charge in [0.25, 0.3) is 0 Å². The van der Waals surface area contributed by atoms with Gasteiger partial charge >= 0.3 is 11.3 Å². The lowest BCUT2D eigenvalue weighted by Gasteiger charge is -2.06. The summed E-state index contributed by atoms with van der Waals surface area (Å²) >= 11 is 10.4. The molecule has 0 bridgehead atoms. The molecule has 0 unspecified atom stereocenters. The number of alkyl halides is 3. The van der Waals surface area contributed by atoms with Crippen LogP contribution in [0, 0.1) is 0 Å². The molecule has 0 spiro atoms. The maximum Gasteiger partial charge on any atom is 0.425 e. The highest BCUT2D eigenvalue weighted by Crippen LogP contribution is 2.37. The normalized spacial score (nSPS) is 11.8. The van der Waals surface area contributed by atoms with Crippen LogP contribution in [0.2, 0.25) is 10.2 Å². The van der Waals surface area contributed by atoms with Gasteiger partial charge in [0.2, 0.25) is 6.20 Å². The first-order valence-corrected chi connectivity index (χ1v) is 3.75. The molecular weight excluding hydrogens is 230 g/mol. The molecule has 0 saturated carbocycles. The van der Waals surface area contributed by atoms with Crippen LogP contribution in [-0.2, 0) is 6.18 Å². The molecule has 0 aliphatic carbocycles. The summed E-state index contributed by atoms with van der Waals surface area (Å²) in [6, 6.07) is 0.899. The predicted octanol–water partition coefficient (Wildman–Crippen LogP) is 2.54. The molecule has 0 fully saturated rings. The lowest BCUT2D eigenvalue weighted by atomic mass is 10.3. The Bertz CT molecular complexity index is 339. The van der Waals surface area contributed by atoms with Crippen molar-refractivity contribution in [2.24, 2.45) is 0 Å². The van der Waals surface area contributed by atoms with Crippen molar-refractivity contribution in [1.82, 2.24) is 0 Å². The standard InChI is InChI=1S/C6H3Cl2F3NO/c7-3-1-2-12(13)5(8)4(3)6(9,10)11/h1-2,13H/q+1. The van der Waals surface area contributed by atoms with E-state index < -0.39 is 21.9 Å². The van der Waals surface area contributed by atoms with Crippen LogP contribution in [0.4, 0.5) is 13.2 Å². The molecule has 0 amide bonds. The Morgan fingerprint density at radius 2 is 1.85 bits per heavy atom. The molecule has 7 heteroatoms. The average molecular weight is 233 g/mol. The number of hydrogen-bond acceptors (Lipinski definition) is 1. The minimum Gasteiger partial charge on any atom is -0.284 e. The van der Waals surface area contributed by atoms with Gasteiger partial charge in [0.15, 0.2) is 5.56 Å². The Labute approximate surface area is 81.1 Å². The molecule has 0 atom stereocenters. The summed E-state index contributed by atoms with van der Waals surface area (Å²) in [6.07, 6.45) is -3.76. The zero-order valence-electron chi connectivity index (χ0n) is 5.94. The van der Waals surface area contributed by atoms with Gasteiger partial charge in [-0.3, -0.25) is 5.21 Å². The molecule has 0 saturated heterocycles. The second-order valence-corrected chi connectivity index (χ2v) is 2.94. The number of rotatable bonds is 0. The largest absolute Gasteiger partial charge is 0.425 e. The van der Waals surface area contributed by atoms with E-state index in [-0.39, 0.29) is 4.73 Å². The van der Waals surface area contributed by atoms with Crippen LogP contribution in [0.3, 0.4) is 0 Å². The molecule has 13 heavy (non-hydrogen) atoms. The van der Waals surface area contributed by atoms with E-state index >= 15 is 0 Å². The van der Waals surface area contributed by atoms with E-state index in [4.69, 9.17) is 28.4 Å². The van der Waals surface area contributed by atoms with E-state index in [1.807, 2.05) is 0 Å². The zero-order chi connectivity index (χ0) is 10.2. The lowest BCUT2D eigenvalue weighted by Crippen LogP contribution is -2.33. The Hall–Kier alpha value is -0.680. The van der Waals surface area contributed by atoms with Crippen molar-refractivity contribution in [3.8, 4) is 0 Å². The van der Waals surface area contributed by atoms with Crippen molar-refractivity contribution < 1.29 is 23.1 Å². The highest BCUT2D eigenvalue weighted by molar-refractivity contribution is 6.34. The van der Waals surface area contributed by atoms with E-state index in [0.29, 0.717) is 0 Å². The molecule has 1 heterocycles. The topological polar surface area (TPSA) is 24.1 Å². The second-order valence-electron chi connectivity index (χ2n) is 2.17. The van der Waals surface area contributed by atoms with Gasteiger partial charge in [-0.1, -0.05) is 11.6 Å². The third-order valence-electron chi connectivity index (χ3n) is 1.29. The minimum absolute atomic E-state index is 0.149. The smallest absolute Gasteiger partial charge is 0.284 e. The van der Waals surface area contributed by atoms with Gasteiger partial charge < -0.3 is 0 Å². The fourth-order valence-corrected chi connectivity index (χ4v) is 1.32. The predicted molar refractivity (Wildman–Crippen MR) is 38.8 cm³/mol. The molecule has 2 nitrogen and oxygen atoms in total. The van der Waals surface area contributed by atoms with Crippen molar-refractivity contribution in [2.45, 2.75) is 6.18 Å². The van der Waals surface area contributed by atoms with Crippen molar-refractivity contribution in [3.05, 3.63) is 28.0 Å². The number of pyridine rings is 1. The third-order valence-corrected chi connectivity index (χ3v) is 1.97. The quantitative estimate of drug-likeness (QED) is 0.415. The molecule has 1 aromatic rings. The van der Waals surface area contributed by atoms with Gasteiger partial charge in [0.05, 0.1) is 5.02 Å². The Kier molecular flexibility index (Phi) is 2.58. The van der Waals surface area contributed by atoms with E-state index in [0.717, 1.165) is 12.3 Å². The first-order valence-electron chi connectivity index (χ1n) is 3.00. The maximum atomic E-state index is 12.2. The molecule has 0 aromatic carbocycles. The summed E-state index contributed by atoms with van der Waals surface area (Å²) in [5.74, 6) is 0. The molecule has 1 N–H and O–H groups in total. The van der Waals surface area contributed by atoms with Crippen LogP contribution in [0.25, 0.3) is 0 Å². The first-order chi connectivity index (χ1) is 5.84. The van der Waals surface area contributed by atoms with Gasteiger partial charge in [-0.25, -0.2) is 0 Å².